The van der Waals surface area contributed by atoms with Gasteiger partial charge in [0.25, 0.3) is 0 Å². The van der Waals surface area contributed by atoms with Crippen molar-refractivity contribution in [3.05, 3.63) is 0 Å². The van der Waals surface area contributed by atoms with Crippen molar-refractivity contribution in [2.45, 2.75) is 41.0 Å². The Morgan fingerprint density at radius 2 is 1.30 bits per heavy atom. The van der Waals surface area contributed by atoms with E-state index < -0.39 is 0 Å². The number of hydrogen-bond donors (Lipinski definition) is 1. The predicted octanol–water partition coefficient (Wildman–Crippen LogP) is 3.06. The molecule has 0 amide bonds. The van der Waals surface area contributed by atoms with Gasteiger partial charge in [0.2, 0.25) is 0 Å². The van der Waals surface area contributed by atoms with Crippen LogP contribution >= 0.6 is 0 Å². The lowest BCUT2D eigenvalue weighted by molar-refractivity contribution is -0.0979. The molecule has 0 aromatic rings. The van der Waals surface area contributed by atoms with E-state index in [2.05, 4.69) is 20.8 Å². The van der Waals surface area contributed by atoms with Crippen LogP contribution in [0.25, 0.3) is 0 Å². The molecular weight excluding hydrogens is 126 g/mol. The van der Waals surface area contributed by atoms with Crippen molar-refractivity contribution in [2.75, 3.05) is 0 Å². The van der Waals surface area contributed by atoms with Crippen LogP contribution in [0.1, 0.15) is 41.0 Å². The summed E-state index contributed by atoms with van der Waals surface area (Å²) >= 11 is 0. The Labute approximate surface area is 65.6 Å². The molecule has 0 aromatic carbocycles. The highest BCUT2D eigenvalue weighted by Gasteiger charge is 1.80. The molecule has 0 saturated heterocycles. The third-order valence-corrected chi connectivity index (χ3v) is 0.816. The minimum Gasteiger partial charge on any atom is -0.344 e. The topological polar surface area (TPSA) is 52.1 Å². The van der Waals surface area contributed by atoms with Gasteiger partial charge in [-0.25, -0.2) is 0 Å². The van der Waals surface area contributed by atoms with Crippen LogP contribution in [-0.2, 0) is 4.79 Å². The molecule has 0 unspecified atom stereocenters. The van der Waals surface area contributed by atoms with Crippen molar-refractivity contribution in [3.63, 3.8) is 0 Å². The quantitative estimate of drug-likeness (QED) is 0.623. The number of rotatable bonds is 1. The zero-order valence-corrected chi connectivity index (χ0v) is 8.11. The van der Waals surface area contributed by atoms with Gasteiger partial charge in [0.05, 0.1) is 0 Å². The van der Waals surface area contributed by atoms with Crippen molar-refractivity contribution >= 4 is 6.79 Å². The number of hydrogen-bond acceptors (Lipinski definition) is 2. The lowest BCUT2D eigenvalue weighted by Crippen LogP contribution is -1.77. The minimum absolute atomic E-state index is 0. The molecule has 2 heteroatoms. The number of carbonyl (C=O) groups excluding carboxylic acids is 1. The first-order chi connectivity index (χ1) is 4.27. The van der Waals surface area contributed by atoms with Crippen molar-refractivity contribution in [2.24, 2.45) is 5.92 Å². The molecule has 3 N–H and O–H groups in total. The standard InChI is InChI=1S/C5H12.C2H6.CH2O.H3N/c1-4-5(2)3;2*1-2;/h5H,4H2,1-3H3;1-2H3;1H2;1H3. The van der Waals surface area contributed by atoms with Crippen LogP contribution in [0, 0.1) is 5.92 Å². The molecule has 0 saturated carbocycles. The van der Waals surface area contributed by atoms with Gasteiger partial charge in [-0.1, -0.05) is 41.0 Å². The summed E-state index contributed by atoms with van der Waals surface area (Å²) < 4.78 is 0. The van der Waals surface area contributed by atoms with Gasteiger partial charge in [-0.05, 0) is 5.92 Å². The summed E-state index contributed by atoms with van der Waals surface area (Å²) in [5.41, 5.74) is 0. The van der Waals surface area contributed by atoms with E-state index in [1.54, 1.807) is 0 Å². The summed E-state index contributed by atoms with van der Waals surface area (Å²) in [7, 11) is 0. The molecule has 0 spiro atoms. The Bertz CT molecular complexity index is 30.4. The summed E-state index contributed by atoms with van der Waals surface area (Å²) in [6.45, 7) is 12.6. The van der Waals surface area contributed by atoms with Gasteiger partial charge in [-0.3, -0.25) is 0 Å². The average molecular weight is 149 g/mol. The molecule has 0 aliphatic heterocycles. The van der Waals surface area contributed by atoms with Gasteiger partial charge in [0.15, 0.2) is 0 Å². The van der Waals surface area contributed by atoms with Crippen LogP contribution in [0.15, 0.2) is 0 Å². The van der Waals surface area contributed by atoms with Gasteiger partial charge in [0.1, 0.15) is 6.79 Å². The predicted molar refractivity (Wildman–Crippen MR) is 48.6 cm³/mol. The monoisotopic (exact) mass is 149 g/mol. The molecule has 0 bridgehead atoms. The van der Waals surface area contributed by atoms with E-state index in [0.29, 0.717) is 0 Å². The Hall–Kier alpha value is -0.370. The van der Waals surface area contributed by atoms with Crippen LogP contribution in [0.5, 0.6) is 0 Å². The molecule has 0 fully saturated rings. The van der Waals surface area contributed by atoms with Crippen molar-refractivity contribution in [3.8, 4) is 0 Å². The summed E-state index contributed by atoms with van der Waals surface area (Å²) in [6.07, 6.45) is 1.31. The Morgan fingerprint density at radius 1 is 1.20 bits per heavy atom. The summed E-state index contributed by atoms with van der Waals surface area (Å²) in [5.74, 6) is 0.884. The molecule has 2 nitrogen and oxygen atoms in total. The van der Waals surface area contributed by atoms with E-state index in [1.165, 1.54) is 6.42 Å². The van der Waals surface area contributed by atoms with E-state index in [0.717, 1.165) is 5.92 Å². The second kappa shape index (κ2) is 38.1. The molecule has 0 rings (SSSR count). The molecular formula is C8H23NO. The van der Waals surface area contributed by atoms with Crippen LogP contribution in [0.4, 0.5) is 0 Å². The lowest BCUT2D eigenvalue weighted by atomic mass is 10.2. The van der Waals surface area contributed by atoms with Gasteiger partial charge < -0.3 is 10.9 Å². The van der Waals surface area contributed by atoms with Gasteiger partial charge in [-0.2, -0.15) is 0 Å². The maximum Gasteiger partial charge on any atom is 0.106 e. The van der Waals surface area contributed by atoms with Gasteiger partial charge in [0, 0.05) is 0 Å². The normalized spacial score (nSPS) is 5.80. The molecule has 0 atom stereocenters. The van der Waals surface area contributed by atoms with Crippen molar-refractivity contribution in [1.29, 1.82) is 0 Å². The second-order valence-electron chi connectivity index (χ2n) is 1.80. The molecule has 10 heavy (non-hydrogen) atoms. The maximum atomic E-state index is 8.00. The van der Waals surface area contributed by atoms with E-state index in [9.17, 15) is 0 Å². The van der Waals surface area contributed by atoms with E-state index in [4.69, 9.17) is 4.79 Å². The fourth-order valence-corrected chi connectivity index (χ4v) is 0. The first-order valence-electron chi connectivity index (χ1n) is 3.56. The molecule has 66 valence electrons. The minimum atomic E-state index is 0. The van der Waals surface area contributed by atoms with E-state index >= 15 is 0 Å². The zero-order valence-electron chi connectivity index (χ0n) is 8.11. The summed E-state index contributed by atoms with van der Waals surface area (Å²) in [4.78, 5) is 8.00. The molecule has 0 radical (unpaired) electrons. The SMILES string of the molecule is C=O.CC.CCC(C)C.N. The van der Waals surface area contributed by atoms with Crippen LogP contribution < -0.4 is 6.15 Å². The molecule has 0 heterocycles. The molecule has 0 aliphatic rings. The third-order valence-electron chi connectivity index (χ3n) is 0.816. The Morgan fingerprint density at radius 3 is 1.30 bits per heavy atom. The number of carbonyl (C=O) groups is 1. The third kappa shape index (κ3) is 126. The van der Waals surface area contributed by atoms with Crippen molar-refractivity contribution in [1.82, 2.24) is 6.15 Å². The fourth-order valence-electron chi connectivity index (χ4n) is 0. The van der Waals surface area contributed by atoms with Crippen molar-refractivity contribution < 1.29 is 4.79 Å². The van der Waals surface area contributed by atoms with E-state index in [1.807, 2.05) is 20.6 Å². The molecule has 0 aliphatic carbocycles. The highest BCUT2D eigenvalue weighted by molar-refractivity contribution is 5.10. The lowest BCUT2D eigenvalue weighted by Gasteiger charge is -1.90. The zero-order chi connectivity index (χ0) is 8.28. The maximum absolute atomic E-state index is 8.00. The fraction of sp³-hybridized carbons (Fsp3) is 0.875. The first-order valence-corrected chi connectivity index (χ1v) is 3.56. The average Bonchev–Trinajstić information content (AvgIpc) is 1.97. The van der Waals surface area contributed by atoms with Crippen LogP contribution in [-0.4, -0.2) is 6.79 Å². The largest absolute Gasteiger partial charge is 0.344 e. The van der Waals surface area contributed by atoms with E-state index in [-0.39, 0.29) is 6.15 Å². The van der Waals surface area contributed by atoms with Gasteiger partial charge in [-0.15, -0.1) is 0 Å². The van der Waals surface area contributed by atoms with Gasteiger partial charge >= 0.3 is 0 Å². The smallest absolute Gasteiger partial charge is 0.106 e. The molecule has 0 aromatic heterocycles. The second-order valence-corrected chi connectivity index (χ2v) is 1.80. The summed E-state index contributed by atoms with van der Waals surface area (Å²) in [6, 6.07) is 0. The highest BCUT2D eigenvalue weighted by atomic mass is 16.1. The Kier molecular flexibility index (Phi) is 86.3. The first kappa shape index (κ1) is 22.6. The van der Waals surface area contributed by atoms with Crippen LogP contribution in [0.2, 0.25) is 0 Å². The highest BCUT2D eigenvalue weighted by Crippen LogP contribution is 1.93. The Balaban J connectivity index is -0.0000000315. The van der Waals surface area contributed by atoms with Crippen LogP contribution in [0.3, 0.4) is 0 Å². The summed E-state index contributed by atoms with van der Waals surface area (Å²) in [5, 5.41) is 0.